The molecule has 1 N–H and O–H groups in total. The highest BCUT2D eigenvalue weighted by atomic mass is 32.2. The first-order chi connectivity index (χ1) is 8.78. The van der Waals surface area contributed by atoms with E-state index in [2.05, 4.69) is 0 Å². The van der Waals surface area contributed by atoms with E-state index in [-0.39, 0.29) is 12.2 Å². The van der Waals surface area contributed by atoms with E-state index in [4.69, 9.17) is 31.2 Å². The summed E-state index contributed by atoms with van der Waals surface area (Å²) in [6.45, 7) is 7.44. The molecule has 4 atom stereocenters. The van der Waals surface area contributed by atoms with E-state index in [9.17, 15) is 5.11 Å². The fraction of sp³-hybridized carbons (Fsp3) is 0.917. The Bertz CT molecular complexity index is 347. The first-order valence-electron chi connectivity index (χ1n) is 6.31. The SMILES string of the molecule is CC(C)OC(=S)SC[C@H]1O[C@@H]2OC(C)(C)O[C@@H]2[C@H]1O. The zero-order valence-corrected chi connectivity index (χ0v) is 13.1. The van der Waals surface area contributed by atoms with E-state index < -0.39 is 24.3 Å². The second kappa shape index (κ2) is 5.83. The summed E-state index contributed by atoms with van der Waals surface area (Å²) in [7, 11) is 0. The van der Waals surface area contributed by atoms with Crippen molar-refractivity contribution in [2.45, 2.75) is 64.2 Å². The molecule has 2 aliphatic rings. The van der Waals surface area contributed by atoms with Gasteiger partial charge in [-0.1, -0.05) is 11.8 Å². The summed E-state index contributed by atoms with van der Waals surface area (Å²) in [5, 5.41) is 10.2. The van der Waals surface area contributed by atoms with Crippen LogP contribution < -0.4 is 0 Å². The highest BCUT2D eigenvalue weighted by molar-refractivity contribution is 8.22. The normalized spacial score (nSPS) is 36.5. The van der Waals surface area contributed by atoms with Gasteiger partial charge in [-0.15, -0.1) is 0 Å². The van der Waals surface area contributed by atoms with Gasteiger partial charge < -0.3 is 24.1 Å². The summed E-state index contributed by atoms with van der Waals surface area (Å²) >= 11 is 6.44. The van der Waals surface area contributed by atoms with E-state index in [1.807, 2.05) is 13.8 Å². The van der Waals surface area contributed by atoms with E-state index in [1.165, 1.54) is 11.8 Å². The van der Waals surface area contributed by atoms with Crippen LogP contribution in [0.15, 0.2) is 0 Å². The second-order valence-corrected chi connectivity index (χ2v) is 6.98. The number of aliphatic hydroxyl groups is 1. The van der Waals surface area contributed by atoms with Crippen LogP contribution in [-0.2, 0) is 18.9 Å². The lowest BCUT2D eigenvalue weighted by molar-refractivity contribution is -0.211. The van der Waals surface area contributed by atoms with Gasteiger partial charge in [0.15, 0.2) is 12.1 Å². The van der Waals surface area contributed by atoms with Crippen LogP contribution in [0.4, 0.5) is 0 Å². The average molecular weight is 308 g/mol. The van der Waals surface area contributed by atoms with Crippen molar-refractivity contribution in [3.05, 3.63) is 0 Å². The molecule has 19 heavy (non-hydrogen) atoms. The molecule has 0 aromatic heterocycles. The van der Waals surface area contributed by atoms with Crippen molar-refractivity contribution in [3.63, 3.8) is 0 Å². The molecule has 0 unspecified atom stereocenters. The van der Waals surface area contributed by atoms with Crippen molar-refractivity contribution in [3.8, 4) is 0 Å². The van der Waals surface area contributed by atoms with E-state index in [0.29, 0.717) is 10.1 Å². The van der Waals surface area contributed by atoms with Crippen molar-refractivity contribution in [2.24, 2.45) is 0 Å². The predicted molar refractivity (Wildman–Crippen MR) is 76.0 cm³/mol. The first-order valence-corrected chi connectivity index (χ1v) is 7.70. The average Bonchev–Trinajstić information content (AvgIpc) is 2.70. The largest absolute Gasteiger partial charge is 0.476 e. The molecular weight excluding hydrogens is 288 g/mol. The van der Waals surface area contributed by atoms with Crippen molar-refractivity contribution in [1.29, 1.82) is 0 Å². The maximum Gasteiger partial charge on any atom is 0.220 e. The molecule has 2 rings (SSSR count). The van der Waals surface area contributed by atoms with Gasteiger partial charge in [-0.3, -0.25) is 0 Å². The van der Waals surface area contributed by atoms with E-state index >= 15 is 0 Å². The van der Waals surface area contributed by atoms with Crippen molar-refractivity contribution in [2.75, 3.05) is 5.75 Å². The molecule has 5 nitrogen and oxygen atoms in total. The maximum atomic E-state index is 10.2. The zero-order valence-electron chi connectivity index (χ0n) is 11.5. The lowest BCUT2D eigenvalue weighted by Crippen LogP contribution is -2.35. The van der Waals surface area contributed by atoms with Crippen molar-refractivity contribution < 1.29 is 24.1 Å². The fourth-order valence-electron chi connectivity index (χ4n) is 2.07. The van der Waals surface area contributed by atoms with Crippen LogP contribution in [0.2, 0.25) is 0 Å². The Morgan fingerprint density at radius 2 is 2.11 bits per heavy atom. The monoisotopic (exact) mass is 308 g/mol. The molecular formula is C12H20O5S2. The number of rotatable bonds is 3. The Morgan fingerprint density at radius 1 is 1.42 bits per heavy atom. The van der Waals surface area contributed by atoms with Crippen LogP contribution >= 0.6 is 24.0 Å². The molecule has 0 radical (unpaired) electrons. The molecule has 0 saturated carbocycles. The molecule has 0 aliphatic carbocycles. The van der Waals surface area contributed by atoms with Gasteiger partial charge in [-0.25, -0.2) is 0 Å². The minimum Gasteiger partial charge on any atom is -0.476 e. The first kappa shape index (κ1) is 15.5. The summed E-state index contributed by atoms with van der Waals surface area (Å²) in [4.78, 5) is 0. The van der Waals surface area contributed by atoms with Gasteiger partial charge in [0, 0.05) is 5.75 Å². The number of aliphatic hydroxyl groups excluding tert-OH is 1. The van der Waals surface area contributed by atoms with Gasteiger partial charge >= 0.3 is 0 Å². The third-order valence-corrected chi connectivity index (χ3v) is 4.09. The number of hydrogen-bond donors (Lipinski definition) is 1. The molecule has 0 bridgehead atoms. The number of thioether (sulfide) groups is 1. The molecule has 0 amide bonds. The van der Waals surface area contributed by atoms with Gasteiger partial charge in [-0.2, -0.15) is 0 Å². The minimum absolute atomic E-state index is 0.0567. The van der Waals surface area contributed by atoms with Crippen LogP contribution in [0, 0.1) is 0 Å². The van der Waals surface area contributed by atoms with Gasteiger partial charge in [0.2, 0.25) is 4.38 Å². The lowest BCUT2D eigenvalue weighted by atomic mass is 10.1. The third kappa shape index (κ3) is 3.80. The Kier molecular flexibility index (Phi) is 4.75. The molecule has 2 aliphatic heterocycles. The van der Waals surface area contributed by atoms with Gasteiger partial charge in [0.1, 0.15) is 12.2 Å². The molecule has 0 aromatic carbocycles. The Morgan fingerprint density at radius 3 is 2.68 bits per heavy atom. The topological polar surface area (TPSA) is 57.2 Å². The van der Waals surface area contributed by atoms with Crippen LogP contribution in [0.3, 0.4) is 0 Å². The minimum atomic E-state index is -0.707. The lowest BCUT2D eigenvalue weighted by Gasteiger charge is -2.22. The van der Waals surface area contributed by atoms with E-state index in [0.717, 1.165) is 0 Å². The summed E-state index contributed by atoms with van der Waals surface area (Å²) in [6, 6.07) is 0. The number of hydrogen-bond acceptors (Lipinski definition) is 7. The number of fused-ring (bicyclic) bond motifs is 1. The summed E-state index contributed by atoms with van der Waals surface area (Å²) in [5.41, 5.74) is 0. The molecule has 110 valence electrons. The molecule has 2 fully saturated rings. The number of thiocarbonyl (C=S) groups is 1. The number of ether oxygens (including phenoxy) is 4. The fourth-order valence-corrected chi connectivity index (χ4v) is 3.31. The maximum absolute atomic E-state index is 10.2. The Hall–Kier alpha value is 0.0800. The standard InChI is InChI=1S/C12H20O5S2/c1-6(2)14-11(18)19-5-7-8(13)9-10(15-7)17-12(3,4)16-9/h6-10,13H,5H2,1-4H3/t7-,8+,9-,10-/m1/s1. The van der Waals surface area contributed by atoms with Gasteiger partial charge in [0.05, 0.1) is 12.2 Å². The summed E-state index contributed by atoms with van der Waals surface area (Å²) < 4.78 is 22.7. The van der Waals surface area contributed by atoms with Crippen LogP contribution in [-0.4, -0.2) is 51.7 Å². The predicted octanol–water partition coefficient (Wildman–Crippen LogP) is 1.67. The second-order valence-electron chi connectivity index (χ2n) is 5.36. The van der Waals surface area contributed by atoms with Gasteiger partial charge in [-0.05, 0) is 39.9 Å². The highest BCUT2D eigenvalue weighted by Crippen LogP contribution is 2.38. The third-order valence-electron chi connectivity index (χ3n) is 2.81. The highest BCUT2D eigenvalue weighted by Gasteiger charge is 2.54. The smallest absolute Gasteiger partial charge is 0.220 e. The molecule has 2 saturated heterocycles. The quantitative estimate of drug-likeness (QED) is 0.796. The zero-order chi connectivity index (χ0) is 14.2. The molecule has 2 heterocycles. The van der Waals surface area contributed by atoms with Gasteiger partial charge in [0.25, 0.3) is 0 Å². The summed E-state index contributed by atoms with van der Waals surface area (Å²) in [6.07, 6.45) is -1.94. The van der Waals surface area contributed by atoms with Crippen LogP contribution in [0.5, 0.6) is 0 Å². The molecule has 0 spiro atoms. The Labute approximate surface area is 122 Å². The van der Waals surface area contributed by atoms with E-state index in [1.54, 1.807) is 13.8 Å². The Balaban J connectivity index is 1.80. The van der Waals surface area contributed by atoms with Crippen molar-refractivity contribution in [1.82, 2.24) is 0 Å². The van der Waals surface area contributed by atoms with Crippen LogP contribution in [0.25, 0.3) is 0 Å². The molecule has 7 heteroatoms. The van der Waals surface area contributed by atoms with Crippen molar-refractivity contribution >= 4 is 28.4 Å². The summed E-state index contributed by atoms with van der Waals surface area (Å²) in [5.74, 6) is -0.183. The van der Waals surface area contributed by atoms with Crippen LogP contribution in [0.1, 0.15) is 27.7 Å². The molecule has 0 aromatic rings.